The normalized spacial score (nSPS) is 8.45. The molecular weight excluding hydrogens is 359 g/mol. The Morgan fingerprint density at radius 1 is 1.45 bits per heavy atom. The minimum atomic E-state index is -0.154. The van der Waals surface area contributed by atoms with Gasteiger partial charge in [0.15, 0.2) is 6.29 Å². The number of aromatic hydroxyl groups is 1. The second-order valence-corrected chi connectivity index (χ2v) is 2.20. The van der Waals surface area contributed by atoms with Gasteiger partial charge in [0.1, 0.15) is 5.75 Å². The zero-order chi connectivity index (χ0) is 7.56. The summed E-state index contributed by atoms with van der Waals surface area (Å²) in [5.41, 5.74) is 0.215. The third kappa shape index (κ3) is 2.45. The smallest absolute Gasteiger partial charge is 0.153 e. The number of hydrogen-bond donors (Lipinski definition) is 1. The number of carbonyl (C=O) groups is 1. The zero-order valence-corrected chi connectivity index (χ0v) is 10.2. The summed E-state index contributed by atoms with van der Waals surface area (Å²) in [5, 5.41) is 9.23. The summed E-state index contributed by atoms with van der Waals surface area (Å²) >= 11 is 5.48. The van der Waals surface area contributed by atoms with E-state index in [-0.39, 0.29) is 43.6 Å². The van der Waals surface area contributed by atoms with Crippen LogP contribution in [0.15, 0.2) is 18.2 Å². The monoisotopic (exact) mass is 364 g/mol. The fourth-order valence-corrected chi connectivity index (χ4v) is 0.809. The molecule has 0 saturated carbocycles. The van der Waals surface area contributed by atoms with Crippen LogP contribution in [-0.2, 0) is 0 Å². The summed E-state index contributed by atoms with van der Waals surface area (Å²) in [4.78, 5) is 10.2. The van der Waals surface area contributed by atoms with Crippen molar-refractivity contribution >= 4 is 45.2 Å². The van der Waals surface area contributed by atoms with Crippen molar-refractivity contribution in [2.45, 2.75) is 0 Å². The van der Waals surface area contributed by atoms with Crippen LogP contribution in [0.3, 0.4) is 0 Å². The molecule has 4 heteroatoms. The molecule has 0 saturated heterocycles. The van der Waals surface area contributed by atoms with Crippen LogP contribution >= 0.6 is 11.6 Å². The zero-order valence-electron chi connectivity index (χ0n) is 5.54. The first-order valence-corrected chi connectivity index (χ1v) is 3.06. The second-order valence-electron chi connectivity index (χ2n) is 1.80. The molecule has 2 nitrogen and oxygen atoms in total. The number of benzene rings is 1. The van der Waals surface area contributed by atoms with E-state index in [0.717, 1.165) is 0 Å². The Hall–Kier alpha value is -0.0979. The van der Waals surface area contributed by atoms with E-state index in [2.05, 4.69) is 0 Å². The summed E-state index contributed by atoms with van der Waals surface area (Å²) in [6.07, 6.45) is 0.557. The molecule has 0 bridgehead atoms. The molecule has 0 atom stereocenters. The topological polar surface area (TPSA) is 37.3 Å². The Morgan fingerprint density at radius 2 is 2.09 bits per heavy atom. The predicted octanol–water partition coefficient (Wildman–Crippen LogP) is 1.48. The number of phenolic OH excluding ortho intramolecular Hbond substituents is 1. The number of rotatable bonds is 1. The molecule has 11 heavy (non-hydrogen) atoms. The molecule has 0 aliphatic heterocycles. The van der Waals surface area contributed by atoms with E-state index in [1.807, 2.05) is 0 Å². The minimum Gasteiger partial charge on any atom is -0.506 e. The van der Waals surface area contributed by atoms with Crippen molar-refractivity contribution in [1.29, 1.82) is 0 Å². The van der Waals surface area contributed by atoms with Crippen LogP contribution in [0.5, 0.6) is 5.75 Å². The van der Waals surface area contributed by atoms with Crippen molar-refractivity contribution in [3.05, 3.63) is 28.8 Å². The fraction of sp³-hybridized carbons (Fsp3) is 0. The predicted molar refractivity (Wildman–Crippen MR) is 44.3 cm³/mol. The van der Waals surface area contributed by atoms with E-state index in [0.29, 0.717) is 6.29 Å². The molecule has 0 heterocycles. The van der Waals surface area contributed by atoms with E-state index in [1.165, 1.54) is 12.1 Å². The Labute approximate surface area is 89.3 Å². The van der Waals surface area contributed by atoms with Gasteiger partial charge in [0.25, 0.3) is 0 Å². The van der Waals surface area contributed by atoms with Crippen molar-refractivity contribution < 1.29 is 9.90 Å². The molecule has 0 amide bonds. The van der Waals surface area contributed by atoms with Crippen LogP contribution in [0.4, 0.5) is 0 Å². The van der Waals surface area contributed by atoms with Crippen LogP contribution in [-0.4, -0.2) is 38.7 Å². The average molecular weight is 364 g/mol. The molecule has 56 valence electrons. The standard InChI is InChI=1S/C7H5ClO2.Pb/c8-6-3-1-2-5(4-9)7(6)10;/h1-4,10H;. The van der Waals surface area contributed by atoms with E-state index < -0.39 is 0 Å². The van der Waals surface area contributed by atoms with Gasteiger partial charge in [0.2, 0.25) is 0 Å². The van der Waals surface area contributed by atoms with Gasteiger partial charge in [-0.2, -0.15) is 0 Å². The second kappa shape index (κ2) is 4.71. The van der Waals surface area contributed by atoms with Crippen molar-refractivity contribution in [3.8, 4) is 5.75 Å². The van der Waals surface area contributed by atoms with Crippen molar-refractivity contribution in [3.63, 3.8) is 0 Å². The van der Waals surface area contributed by atoms with Gasteiger partial charge in [-0.3, -0.25) is 4.79 Å². The molecule has 1 aromatic rings. The van der Waals surface area contributed by atoms with Crippen molar-refractivity contribution in [2.24, 2.45) is 0 Å². The molecule has 4 radical (unpaired) electrons. The van der Waals surface area contributed by atoms with Crippen molar-refractivity contribution in [2.75, 3.05) is 0 Å². The Kier molecular flexibility index (Phi) is 4.67. The Balaban J connectivity index is 0.000001000. The van der Waals surface area contributed by atoms with Gasteiger partial charge in [0.05, 0.1) is 10.6 Å². The molecule has 1 rings (SSSR count). The van der Waals surface area contributed by atoms with E-state index in [9.17, 15) is 4.79 Å². The van der Waals surface area contributed by atoms with Crippen LogP contribution in [0.25, 0.3) is 0 Å². The molecule has 0 aliphatic carbocycles. The average Bonchev–Trinajstić information content (AvgIpc) is 1.95. The first kappa shape index (κ1) is 10.9. The van der Waals surface area contributed by atoms with Crippen LogP contribution in [0, 0.1) is 0 Å². The fourth-order valence-electron chi connectivity index (χ4n) is 0.627. The van der Waals surface area contributed by atoms with Gasteiger partial charge >= 0.3 is 0 Å². The molecule has 0 aromatic heterocycles. The molecule has 0 fully saturated rings. The summed E-state index contributed by atoms with van der Waals surface area (Å²) in [6.45, 7) is 0. The maximum atomic E-state index is 10.2. The van der Waals surface area contributed by atoms with Gasteiger partial charge in [-0.1, -0.05) is 17.7 Å². The quantitative estimate of drug-likeness (QED) is 0.606. The maximum Gasteiger partial charge on any atom is 0.153 e. The SMILES string of the molecule is O=Cc1cccc(Cl)c1O.[Pb]. The summed E-state index contributed by atoms with van der Waals surface area (Å²) < 4.78 is 0. The first-order valence-electron chi connectivity index (χ1n) is 2.68. The number of carbonyl (C=O) groups excluding carboxylic acids is 1. The van der Waals surface area contributed by atoms with E-state index >= 15 is 0 Å². The number of aldehydes is 1. The number of halogens is 1. The third-order valence-corrected chi connectivity index (χ3v) is 1.45. The van der Waals surface area contributed by atoms with E-state index in [1.54, 1.807) is 6.07 Å². The largest absolute Gasteiger partial charge is 0.506 e. The molecule has 0 unspecified atom stereocenters. The summed E-state index contributed by atoms with van der Waals surface area (Å²) in [5.74, 6) is -0.154. The van der Waals surface area contributed by atoms with Gasteiger partial charge < -0.3 is 5.11 Å². The Bertz CT molecular complexity index is 263. The maximum absolute atomic E-state index is 10.2. The summed E-state index contributed by atoms with van der Waals surface area (Å²) in [7, 11) is 0. The minimum absolute atomic E-state index is 0. The van der Waals surface area contributed by atoms with Crippen LogP contribution < -0.4 is 0 Å². The molecule has 0 spiro atoms. The number of phenols is 1. The third-order valence-electron chi connectivity index (χ3n) is 1.14. The van der Waals surface area contributed by atoms with E-state index in [4.69, 9.17) is 16.7 Å². The molecule has 1 aromatic carbocycles. The van der Waals surface area contributed by atoms with Crippen molar-refractivity contribution in [1.82, 2.24) is 0 Å². The summed E-state index contributed by atoms with van der Waals surface area (Å²) in [6, 6.07) is 4.61. The van der Waals surface area contributed by atoms with Gasteiger partial charge in [0, 0.05) is 27.3 Å². The van der Waals surface area contributed by atoms with Crippen LogP contribution in [0.1, 0.15) is 10.4 Å². The molecule has 1 N–H and O–H groups in total. The van der Waals surface area contributed by atoms with Gasteiger partial charge in [-0.05, 0) is 12.1 Å². The van der Waals surface area contributed by atoms with Crippen LogP contribution in [0.2, 0.25) is 5.02 Å². The number of para-hydroxylation sites is 1. The Morgan fingerprint density at radius 3 is 2.55 bits per heavy atom. The van der Waals surface area contributed by atoms with Gasteiger partial charge in [-0.15, -0.1) is 0 Å². The van der Waals surface area contributed by atoms with Gasteiger partial charge in [-0.25, -0.2) is 0 Å². The first-order chi connectivity index (χ1) is 4.75. The molecule has 0 aliphatic rings. The number of hydrogen-bond acceptors (Lipinski definition) is 2. The molecular formula is C7H5ClO2Pb.